The van der Waals surface area contributed by atoms with E-state index in [9.17, 15) is 19.8 Å². The first-order valence-corrected chi connectivity index (χ1v) is 8.46. The Morgan fingerprint density at radius 2 is 1.25 bits per heavy atom. The van der Waals surface area contributed by atoms with Gasteiger partial charge in [0, 0.05) is 42.7 Å². The summed E-state index contributed by atoms with van der Waals surface area (Å²) >= 11 is 0. The van der Waals surface area contributed by atoms with Gasteiger partial charge in [-0.2, -0.15) is 0 Å². The van der Waals surface area contributed by atoms with Crippen molar-refractivity contribution in [3.63, 3.8) is 0 Å². The Hall–Kier alpha value is -2.36. The zero-order valence-electron chi connectivity index (χ0n) is 13.8. The van der Waals surface area contributed by atoms with Crippen molar-refractivity contribution in [2.24, 2.45) is 0 Å². The standard InChI is InChI=1S/C20H22O4/c1-12-8-10-13(11-9-12)18(19-14(21)4-2-5-15(19)22)20-16(23)6-3-7-17(20)24/h8-11,18,21,23H,2-7H2,1H3. The van der Waals surface area contributed by atoms with E-state index in [1.54, 1.807) is 0 Å². The molecule has 0 aliphatic heterocycles. The first-order chi connectivity index (χ1) is 11.5. The van der Waals surface area contributed by atoms with E-state index in [1.165, 1.54) is 0 Å². The van der Waals surface area contributed by atoms with Gasteiger partial charge in [0.1, 0.15) is 0 Å². The number of aliphatic hydroxyl groups excluding tert-OH is 2. The first kappa shape index (κ1) is 16.5. The van der Waals surface area contributed by atoms with Gasteiger partial charge < -0.3 is 10.2 Å². The second-order valence-electron chi connectivity index (χ2n) is 6.62. The van der Waals surface area contributed by atoms with Crippen LogP contribution in [0.2, 0.25) is 0 Å². The molecular weight excluding hydrogens is 304 g/mol. The van der Waals surface area contributed by atoms with Crippen molar-refractivity contribution in [1.82, 2.24) is 0 Å². The van der Waals surface area contributed by atoms with Crippen LogP contribution in [-0.4, -0.2) is 21.8 Å². The molecule has 2 aliphatic rings. The van der Waals surface area contributed by atoms with Crippen molar-refractivity contribution >= 4 is 11.6 Å². The summed E-state index contributed by atoms with van der Waals surface area (Å²) in [7, 11) is 0. The van der Waals surface area contributed by atoms with E-state index < -0.39 is 5.92 Å². The summed E-state index contributed by atoms with van der Waals surface area (Å²) in [5.74, 6) is -0.844. The van der Waals surface area contributed by atoms with Crippen molar-refractivity contribution in [3.8, 4) is 0 Å². The highest BCUT2D eigenvalue weighted by molar-refractivity contribution is 6.05. The predicted molar refractivity (Wildman–Crippen MR) is 90.9 cm³/mol. The lowest BCUT2D eigenvalue weighted by molar-refractivity contribution is -0.117. The van der Waals surface area contributed by atoms with Crippen LogP contribution in [-0.2, 0) is 9.59 Å². The molecule has 0 unspecified atom stereocenters. The number of hydrogen-bond donors (Lipinski definition) is 2. The fourth-order valence-corrected chi connectivity index (χ4v) is 3.59. The average Bonchev–Trinajstić information content (AvgIpc) is 2.54. The molecule has 3 rings (SSSR count). The van der Waals surface area contributed by atoms with Gasteiger partial charge in [-0.15, -0.1) is 0 Å². The lowest BCUT2D eigenvalue weighted by Crippen LogP contribution is -2.25. The molecule has 0 spiro atoms. The minimum atomic E-state index is -0.675. The zero-order valence-corrected chi connectivity index (χ0v) is 13.8. The SMILES string of the molecule is Cc1ccc(C(C2=C(O)CCCC2=O)C2=C(O)CCCC2=O)cc1. The topological polar surface area (TPSA) is 74.6 Å². The van der Waals surface area contributed by atoms with E-state index in [2.05, 4.69) is 0 Å². The highest BCUT2D eigenvalue weighted by Gasteiger charge is 2.37. The Bertz CT molecular complexity index is 695. The van der Waals surface area contributed by atoms with Crippen LogP contribution in [0.25, 0.3) is 0 Å². The largest absolute Gasteiger partial charge is 0.512 e. The smallest absolute Gasteiger partial charge is 0.163 e. The summed E-state index contributed by atoms with van der Waals surface area (Å²) < 4.78 is 0. The lowest BCUT2D eigenvalue weighted by Gasteiger charge is -2.28. The minimum absolute atomic E-state index is 0.0514. The quantitative estimate of drug-likeness (QED) is 0.872. The number of rotatable bonds is 3. The van der Waals surface area contributed by atoms with Crippen LogP contribution in [0.15, 0.2) is 46.9 Å². The molecule has 2 aliphatic carbocycles. The summed E-state index contributed by atoms with van der Waals surface area (Å²) in [4.78, 5) is 25.0. The number of aryl methyl sites for hydroxylation is 1. The number of Topliss-reactive ketones (excluding diaryl/α,β-unsaturated/α-hetero) is 2. The van der Waals surface area contributed by atoms with Crippen molar-refractivity contribution < 1.29 is 19.8 Å². The van der Waals surface area contributed by atoms with Gasteiger partial charge in [0.25, 0.3) is 0 Å². The van der Waals surface area contributed by atoms with Gasteiger partial charge in [-0.05, 0) is 25.3 Å². The van der Waals surface area contributed by atoms with E-state index in [0.717, 1.165) is 11.1 Å². The van der Waals surface area contributed by atoms with Crippen LogP contribution < -0.4 is 0 Å². The molecule has 0 saturated heterocycles. The Kier molecular flexibility index (Phi) is 4.56. The molecule has 126 valence electrons. The Balaban J connectivity index is 2.20. The summed E-state index contributed by atoms with van der Waals surface area (Å²) in [6.45, 7) is 1.96. The number of carbonyl (C=O) groups excluding carboxylic acids is 2. The van der Waals surface area contributed by atoms with Gasteiger partial charge in [-0.1, -0.05) is 29.8 Å². The molecule has 0 fully saturated rings. The molecule has 0 saturated carbocycles. The van der Waals surface area contributed by atoms with Gasteiger partial charge in [0.05, 0.1) is 11.5 Å². The van der Waals surface area contributed by atoms with E-state index in [0.29, 0.717) is 38.5 Å². The maximum absolute atomic E-state index is 12.5. The summed E-state index contributed by atoms with van der Waals surface area (Å²) in [5, 5.41) is 20.7. The molecule has 0 aromatic heterocycles. The Labute approximate surface area is 141 Å². The number of benzene rings is 1. The minimum Gasteiger partial charge on any atom is -0.512 e. The van der Waals surface area contributed by atoms with Gasteiger partial charge in [0.2, 0.25) is 0 Å². The van der Waals surface area contributed by atoms with Crippen LogP contribution in [0.5, 0.6) is 0 Å². The molecule has 0 radical (unpaired) electrons. The molecule has 0 atom stereocenters. The Morgan fingerprint density at radius 1 is 0.792 bits per heavy atom. The summed E-state index contributed by atoms with van der Waals surface area (Å²) in [6.07, 6.45) is 2.84. The third-order valence-corrected chi connectivity index (χ3v) is 4.85. The predicted octanol–water partition coefficient (Wildman–Crippen LogP) is 4.21. The van der Waals surface area contributed by atoms with E-state index in [-0.39, 0.29) is 34.2 Å². The van der Waals surface area contributed by atoms with Crippen LogP contribution in [0.4, 0.5) is 0 Å². The molecule has 4 nitrogen and oxygen atoms in total. The molecule has 24 heavy (non-hydrogen) atoms. The molecule has 4 heteroatoms. The molecule has 1 aromatic rings. The Morgan fingerprint density at radius 3 is 1.67 bits per heavy atom. The van der Waals surface area contributed by atoms with Crippen molar-refractivity contribution in [2.45, 2.75) is 51.4 Å². The van der Waals surface area contributed by atoms with Crippen molar-refractivity contribution in [1.29, 1.82) is 0 Å². The van der Waals surface area contributed by atoms with Crippen LogP contribution >= 0.6 is 0 Å². The third-order valence-electron chi connectivity index (χ3n) is 4.85. The number of aliphatic hydroxyl groups is 2. The van der Waals surface area contributed by atoms with E-state index >= 15 is 0 Å². The van der Waals surface area contributed by atoms with Gasteiger partial charge in [-0.25, -0.2) is 0 Å². The molecule has 0 heterocycles. The van der Waals surface area contributed by atoms with E-state index in [1.807, 2.05) is 31.2 Å². The van der Waals surface area contributed by atoms with Crippen molar-refractivity contribution in [2.75, 3.05) is 0 Å². The summed E-state index contributed by atoms with van der Waals surface area (Å²) in [6, 6.07) is 7.56. The van der Waals surface area contributed by atoms with Gasteiger partial charge in [-0.3, -0.25) is 9.59 Å². The maximum atomic E-state index is 12.5. The highest BCUT2D eigenvalue weighted by atomic mass is 16.3. The average molecular weight is 326 g/mol. The maximum Gasteiger partial charge on any atom is 0.163 e. The molecule has 0 bridgehead atoms. The zero-order chi connectivity index (χ0) is 17.3. The molecule has 2 N–H and O–H groups in total. The molecule has 1 aromatic carbocycles. The fourth-order valence-electron chi connectivity index (χ4n) is 3.59. The second kappa shape index (κ2) is 6.63. The number of allylic oxidation sites excluding steroid dienone is 4. The van der Waals surface area contributed by atoms with Crippen LogP contribution in [0.1, 0.15) is 55.6 Å². The monoisotopic (exact) mass is 326 g/mol. The number of ketones is 2. The second-order valence-corrected chi connectivity index (χ2v) is 6.62. The number of carbonyl (C=O) groups is 2. The fraction of sp³-hybridized carbons (Fsp3) is 0.400. The molecular formula is C20H22O4. The lowest BCUT2D eigenvalue weighted by atomic mass is 9.74. The van der Waals surface area contributed by atoms with Crippen molar-refractivity contribution in [3.05, 3.63) is 58.1 Å². The van der Waals surface area contributed by atoms with Gasteiger partial charge in [0.15, 0.2) is 11.6 Å². The van der Waals surface area contributed by atoms with Crippen LogP contribution in [0, 0.1) is 6.92 Å². The third kappa shape index (κ3) is 3.01. The summed E-state index contributed by atoms with van der Waals surface area (Å²) in [5.41, 5.74) is 2.39. The normalized spacial score (nSPS) is 19.4. The first-order valence-electron chi connectivity index (χ1n) is 8.46. The molecule has 0 amide bonds. The van der Waals surface area contributed by atoms with Crippen LogP contribution in [0.3, 0.4) is 0 Å². The van der Waals surface area contributed by atoms with Gasteiger partial charge >= 0.3 is 0 Å². The van der Waals surface area contributed by atoms with E-state index in [4.69, 9.17) is 0 Å². The highest BCUT2D eigenvalue weighted by Crippen LogP contribution is 2.41. The number of hydrogen-bond acceptors (Lipinski definition) is 4.